The lowest BCUT2D eigenvalue weighted by atomic mass is 10.0. The molecule has 1 heterocycles. The average Bonchev–Trinajstić information content (AvgIpc) is 2.81. The van der Waals surface area contributed by atoms with E-state index in [-0.39, 0.29) is 0 Å². The quantitative estimate of drug-likeness (QED) is 0.708. The highest BCUT2D eigenvalue weighted by atomic mass is 79.9. The van der Waals surface area contributed by atoms with E-state index in [0.29, 0.717) is 16.6 Å². The van der Waals surface area contributed by atoms with E-state index in [4.69, 9.17) is 21.9 Å². The van der Waals surface area contributed by atoms with Gasteiger partial charge in [0.25, 0.3) is 0 Å². The van der Waals surface area contributed by atoms with Crippen LogP contribution in [0.3, 0.4) is 0 Å². The Labute approximate surface area is 129 Å². The topological polar surface area (TPSA) is 52.0 Å². The molecule has 0 bridgehead atoms. The van der Waals surface area contributed by atoms with E-state index in [9.17, 15) is 0 Å². The molecule has 3 aromatic rings. The van der Waals surface area contributed by atoms with Gasteiger partial charge in [-0.05, 0) is 18.2 Å². The normalized spacial score (nSPS) is 10.7. The Morgan fingerprint density at radius 2 is 1.90 bits per heavy atom. The van der Waals surface area contributed by atoms with Crippen molar-refractivity contribution in [1.29, 1.82) is 0 Å². The van der Waals surface area contributed by atoms with Gasteiger partial charge >= 0.3 is 0 Å². The van der Waals surface area contributed by atoms with Gasteiger partial charge in [-0.1, -0.05) is 63.0 Å². The van der Waals surface area contributed by atoms with Crippen molar-refractivity contribution in [2.45, 2.75) is 0 Å². The van der Waals surface area contributed by atoms with Crippen molar-refractivity contribution in [3.63, 3.8) is 0 Å². The lowest BCUT2D eigenvalue weighted by Gasteiger charge is -2.05. The molecule has 2 aromatic carbocycles. The SMILES string of the molecule is Nc1noc(-c2cccc(Cl)c2)c1-c1ccccc1Br. The summed E-state index contributed by atoms with van der Waals surface area (Å²) in [5.41, 5.74) is 8.49. The summed E-state index contributed by atoms with van der Waals surface area (Å²) in [5.74, 6) is 0.962. The monoisotopic (exact) mass is 348 g/mol. The molecule has 5 heteroatoms. The highest BCUT2D eigenvalue weighted by Gasteiger charge is 2.19. The van der Waals surface area contributed by atoms with Crippen LogP contribution in [0.2, 0.25) is 5.02 Å². The summed E-state index contributed by atoms with van der Waals surface area (Å²) in [6.07, 6.45) is 0. The predicted molar refractivity (Wildman–Crippen MR) is 84.5 cm³/mol. The molecule has 0 aliphatic carbocycles. The summed E-state index contributed by atoms with van der Waals surface area (Å²) in [6, 6.07) is 15.2. The van der Waals surface area contributed by atoms with E-state index in [1.165, 1.54) is 0 Å². The maximum atomic E-state index is 6.03. The van der Waals surface area contributed by atoms with E-state index in [1.807, 2.05) is 48.5 Å². The standard InChI is InChI=1S/C15H10BrClN2O/c16-12-7-2-1-6-11(12)13-14(20-19-15(13)18)9-4-3-5-10(17)8-9/h1-8H,(H2,18,19). The Bertz CT molecular complexity index is 770. The van der Waals surface area contributed by atoms with Crippen molar-refractivity contribution in [3.8, 4) is 22.5 Å². The van der Waals surface area contributed by atoms with Crippen LogP contribution in [0.5, 0.6) is 0 Å². The van der Waals surface area contributed by atoms with E-state index in [2.05, 4.69) is 21.1 Å². The fraction of sp³-hybridized carbons (Fsp3) is 0. The third-order valence-electron chi connectivity index (χ3n) is 2.95. The summed E-state index contributed by atoms with van der Waals surface area (Å²) < 4.78 is 6.32. The number of benzene rings is 2. The zero-order chi connectivity index (χ0) is 14.1. The first-order valence-electron chi connectivity index (χ1n) is 5.93. The summed E-state index contributed by atoms with van der Waals surface area (Å²) in [4.78, 5) is 0. The molecule has 0 saturated carbocycles. The van der Waals surface area contributed by atoms with Gasteiger partial charge in [0.15, 0.2) is 11.6 Å². The second-order valence-corrected chi connectivity index (χ2v) is 5.55. The molecule has 0 aliphatic rings. The fourth-order valence-electron chi connectivity index (χ4n) is 2.05. The van der Waals surface area contributed by atoms with Crippen LogP contribution in [0, 0.1) is 0 Å². The maximum absolute atomic E-state index is 6.03. The first-order valence-corrected chi connectivity index (χ1v) is 7.10. The van der Waals surface area contributed by atoms with Crippen molar-refractivity contribution in [1.82, 2.24) is 5.16 Å². The molecular weight excluding hydrogens is 340 g/mol. The largest absolute Gasteiger partial charge is 0.380 e. The molecule has 20 heavy (non-hydrogen) atoms. The molecule has 3 rings (SSSR count). The van der Waals surface area contributed by atoms with Crippen molar-refractivity contribution in [2.24, 2.45) is 0 Å². The summed E-state index contributed by atoms with van der Waals surface area (Å²) in [5, 5.41) is 4.51. The molecule has 0 atom stereocenters. The number of aromatic nitrogens is 1. The minimum absolute atomic E-state index is 0.354. The number of nitrogens with zero attached hydrogens (tertiary/aromatic N) is 1. The zero-order valence-electron chi connectivity index (χ0n) is 10.3. The second kappa shape index (κ2) is 5.31. The average molecular weight is 350 g/mol. The Hall–Kier alpha value is -1.78. The van der Waals surface area contributed by atoms with Crippen LogP contribution in [0.25, 0.3) is 22.5 Å². The zero-order valence-corrected chi connectivity index (χ0v) is 12.6. The van der Waals surface area contributed by atoms with Gasteiger partial charge in [0.2, 0.25) is 0 Å². The summed E-state index contributed by atoms with van der Waals surface area (Å²) in [6.45, 7) is 0. The molecule has 0 amide bonds. The van der Waals surface area contributed by atoms with E-state index >= 15 is 0 Å². The molecule has 0 aliphatic heterocycles. The molecule has 0 spiro atoms. The van der Waals surface area contributed by atoms with Gasteiger partial charge in [-0.2, -0.15) is 0 Å². The van der Waals surface area contributed by atoms with Gasteiger partial charge in [0, 0.05) is 20.6 Å². The number of nitrogens with two attached hydrogens (primary N) is 1. The van der Waals surface area contributed by atoms with Crippen LogP contribution in [-0.4, -0.2) is 5.16 Å². The van der Waals surface area contributed by atoms with Crippen LogP contribution < -0.4 is 5.73 Å². The number of anilines is 1. The molecular formula is C15H10BrClN2O. The van der Waals surface area contributed by atoms with Gasteiger partial charge in [-0.15, -0.1) is 0 Å². The van der Waals surface area contributed by atoms with Gasteiger partial charge < -0.3 is 10.3 Å². The Balaban J connectivity index is 2.23. The smallest absolute Gasteiger partial charge is 0.177 e. The summed E-state index contributed by atoms with van der Waals surface area (Å²) in [7, 11) is 0. The van der Waals surface area contributed by atoms with Crippen LogP contribution in [-0.2, 0) is 0 Å². The third-order valence-corrected chi connectivity index (χ3v) is 3.88. The minimum atomic E-state index is 0.354. The van der Waals surface area contributed by atoms with Gasteiger partial charge in [0.1, 0.15) is 0 Å². The van der Waals surface area contributed by atoms with E-state index in [0.717, 1.165) is 21.2 Å². The van der Waals surface area contributed by atoms with Crippen molar-refractivity contribution in [2.75, 3.05) is 5.73 Å². The number of halogens is 2. The van der Waals surface area contributed by atoms with Crippen molar-refractivity contribution < 1.29 is 4.52 Å². The molecule has 100 valence electrons. The molecule has 1 aromatic heterocycles. The highest BCUT2D eigenvalue weighted by Crippen LogP contribution is 2.40. The Morgan fingerprint density at radius 1 is 1.10 bits per heavy atom. The van der Waals surface area contributed by atoms with Crippen LogP contribution in [0.1, 0.15) is 0 Å². The number of rotatable bonds is 2. The summed E-state index contributed by atoms with van der Waals surface area (Å²) >= 11 is 9.55. The predicted octanol–water partition coefficient (Wildman–Crippen LogP) is 5.01. The molecule has 0 saturated heterocycles. The van der Waals surface area contributed by atoms with Crippen LogP contribution >= 0.6 is 27.5 Å². The van der Waals surface area contributed by atoms with Gasteiger partial charge in [0.05, 0.1) is 5.56 Å². The second-order valence-electron chi connectivity index (χ2n) is 4.26. The number of hydrogen-bond acceptors (Lipinski definition) is 3. The molecule has 0 radical (unpaired) electrons. The fourth-order valence-corrected chi connectivity index (χ4v) is 2.73. The molecule has 2 N–H and O–H groups in total. The van der Waals surface area contributed by atoms with Gasteiger partial charge in [-0.3, -0.25) is 0 Å². The third kappa shape index (κ3) is 2.32. The molecule has 0 fully saturated rings. The van der Waals surface area contributed by atoms with E-state index < -0.39 is 0 Å². The molecule has 0 unspecified atom stereocenters. The number of nitrogen functional groups attached to an aromatic ring is 1. The Kier molecular flexibility index (Phi) is 3.51. The van der Waals surface area contributed by atoms with Crippen molar-refractivity contribution in [3.05, 3.63) is 58.0 Å². The van der Waals surface area contributed by atoms with Gasteiger partial charge in [-0.25, -0.2) is 0 Å². The highest BCUT2D eigenvalue weighted by molar-refractivity contribution is 9.10. The first-order chi connectivity index (χ1) is 9.66. The number of hydrogen-bond donors (Lipinski definition) is 1. The lowest BCUT2D eigenvalue weighted by molar-refractivity contribution is 0.436. The van der Waals surface area contributed by atoms with Crippen molar-refractivity contribution >= 4 is 33.3 Å². The lowest BCUT2D eigenvalue weighted by Crippen LogP contribution is -1.89. The maximum Gasteiger partial charge on any atom is 0.177 e. The molecule has 3 nitrogen and oxygen atoms in total. The Morgan fingerprint density at radius 3 is 2.65 bits per heavy atom. The van der Waals surface area contributed by atoms with Crippen LogP contribution in [0.15, 0.2) is 57.5 Å². The van der Waals surface area contributed by atoms with E-state index in [1.54, 1.807) is 0 Å². The minimum Gasteiger partial charge on any atom is -0.380 e. The van der Waals surface area contributed by atoms with Crippen LogP contribution in [0.4, 0.5) is 5.82 Å². The first kappa shape index (κ1) is 13.2.